The van der Waals surface area contributed by atoms with Crippen LogP contribution < -0.4 is 10.2 Å². The van der Waals surface area contributed by atoms with E-state index in [1.807, 2.05) is 43.0 Å². The molecule has 142 valence electrons. The summed E-state index contributed by atoms with van der Waals surface area (Å²) in [7, 11) is 0. The monoisotopic (exact) mass is 366 g/mol. The highest BCUT2D eigenvalue weighted by molar-refractivity contribution is 6.00. The van der Waals surface area contributed by atoms with E-state index in [0.29, 0.717) is 23.1 Å². The smallest absolute Gasteiger partial charge is 0.337 e. The van der Waals surface area contributed by atoms with Gasteiger partial charge in [-0.3, -0.25) is 0 Å². The summed E-state index contributed by atoms with van der Waals surface area (Å²) < 4.78 is 0. The molecule has 0 atom stereocenters. The molecule has 0 amide bonds. The van der Waals surface area contributed by atoms with Crippen molar-refractivity contribution in [3.63, 3.8) is 0 Å². The number of hydrogen-bond donors (Lipinski definition) is 3. The van der Waals surface area contributed by atoms with Gasteiger partial charge in [0.05, 0.1) is 22.3 Å². The summed E-state index contributed by atoms with van der Waals surface area (Å²) >= 11 is 0. The number of imidazole rings is 1. The zero-order chi connectivity index (χ0) is 19.6. The number of hydrogen-bond acceptors (Lipinski definition) is 4. The number of carboxylic acid groups (broad SMARTS) is 1. The van der Waals surface area contributed by atoms with Crippen LogP contribution in [-0.4, -0.2) is 34.1 Å². The first-order valence-corrected chi connectivity index (χ1v) is 9.32. The Labute approximate surface area is 159 Å². The predicted molar refractivity (Wildman–Crippen MR) is 110 cm³/mol. The zero-order valence-corrected chi connectivity index (χ0v) is 16.2. The van der Waals surface area contributed by atoms with Crippen molar-refractivity contribution in [2.24, 2.45) is 0 Å². The molecule has 0 aliphatic carbocycles. The number of anilines is 3. The van der Waals surface area contributed by atoms with Crippen molar-refractivity contribution in [3.8, 4) is 0 Å². The third-order valence-corrected chi connectivity index (χ3v) is 4.77. The normalized spacial score (nSPS) is 11.1. The Kier molecular flexibility index (Phi) is 5.35. The van der Waals surface area contributed by atoms with E-state index in [1.54, 1.807) is 6.07 Å². The summed E-state index contributed by atoms with van der Waals surface area (Å²) in [6, 6.07) is 11.6. The van der Waals surface area contributed by atoms with Gasteiger partial charge in [0.2, 0.25) is 5.95 Å². The topological polar surface area (TPSA) is 81.2 Å². The number of para-hydroxylation sites is 1. The molecule has 6 nitrogen and oxygen atoms in total. The maximum Gasteiger partial charge on any atom is 0.337 e. The van der Waals surface area contributed by atoms with Crippen LogP contribution in [0.15, 0.2) is 36.4 Å². The van der Waals surface area contributed by atoms with Crippen molar-refractivity contribution in [2.45, 2.75) is 33.6 Å². The number of carbonyl (C=O) groups is 1. The molecule has 0 fully saturated rings. The van der Waals surface area contributed by atoms with Gasteiger partial charge in [-0.2, -0.15) is 0 Å². The number of benzene rings is 2. The number of carboxylic acids is 1. The number of nitrogens with zero attached hydrogens (tertiary/aromatic N) is 2. The van der Waals surface area contributed by atoms with Crippen LogP contribution in [0, 0.1) is 0 Å². The minimum atomic E-state index is -0.937. The molecule has 0 saturated heterocycles. The van der Waals surface area contributed by atoms with Gasteiger partial charge in [0, 0.05) is 18.8 Å². The van der Waals surface area contributed by atoms with Crippen molar-refractivity contribution in [1.82, 2.24) is 9.97 Å². The average molecular weight is 366 g/mol. The van der Waals surface area contributed by atoms with E-state index in [4.69, 9.17) is 0 Å². The van der Waals surface area contributed by atoms with Crippen molar-refractivity contribution >= 4 is 34.3 Å². The number of aromatic carboxylic acids is 1. The molecule has 1 aromatic heterocycles. The second-order valence-corrected chi connectivity index (χ2v) is 6.82. The average Bonchev–Trinajstić information content (AvgIpc) is 3.03. The highest BCUT2D eigenvalue weighted by Crippen LogP contribution is 2.30. The number of rotatable bonds is 7. The molecule has 3 N–H and O–H groups in total. The minimum absolute atomic E-state index is 0.281. The third-order valence-electron chi connectivity index (χ3n) is 4.77. The van der Waals surface area contributed by atoms with Crippen molar-refractivity contribution < 1.29 is 9.90 Å². The van der Waals surface area contributed by atoms with Gasteiger partial charge in [0.15, 0.2) is 0 Å². The predicted octanol–water partition coefficient (Wildman–Crippen LogP) is 4.97. The van der Waals surface area contributed by atoms with E-state index in [1.165, 1.54) is 5.56 Å². The fourth-order valence-electron chi connectivity index (χ4n) is 3.34. The molecule has 0 spiro atoms. The zero-order valence-electron chi connectivity index (χ0n) is 16.2. The molecular formula is C21H26N4O2. The van der Waals surface area contributed by atoms with Gasteiger partial charge in [0.1, 0.15) is 0 Å². The summed E-state index contributed by atoms with van der Waals surface area (Å²) in [6.45, 7) is 9.79. The summed E-state index contributed by atoms with van der Waals surface area (Å²) in [5, 5.41) is 13.0. The van der Waals surface area contributed by atoms with Crippen molar-refractivity contribution in [1.29, 1.82) is 0 Å². The first kappa shape index (κ1) is 18.8. The number of fused-ring (bicyclic) bond motifs is 1. The van der Waals surface area contributed by atoms with Crippen LogP contribution >= 0.6 is 0 Å². The van der Waals surface area contributed by atoms with Crippen LogP contribution in [0.5, 0.6) is 0 Å². The lowest BCUT2D eigenvalue weighted by molar-refractivity contribution is 0.0697. The van der Waals surface area contributed by atoms with E-state index in [0.717, 1.165) is 24.3 Å². The third kappa shape index (κ3) is 3.74. The first-order chi connectivity index (χ1) is 12.9. The SMILES string of the molecule is CCN(CC)c1cc2nc(Nc3ccccc3C(C)C)[nH]c2cc1C(=O)O. The Bertz CT molecular complexity index is 958. The molecule has 0 aliphatic rings. The molecule has 0 unspecified atom stereocenters. The number of nitrogens with one attached hydrogen (secondary N) is 2. The second-order valence-electron chi connectivity index (χ2n) is 6.82. The van der Waals surface area contributed by atoms with Crippen molar-refractivity contribution in [2.75, 3.05) is 23.3 Å². The highest BCUT2D eigenvalue weighted by atomic mass is 16.4. The Hall–Kier alpha value is -3.02. The molecule has 0 aliphatic heterocycles. The lowest BCUT2D eigenvalue weighted by Gasteiger charge is -2.22. The fourth-order valence-corrected chi connectivity index (χ4v) is 3.34. The quantitative estimate of drug-likeness (QED) is 0.550. The summed E-state index contributed by atoms with van der Waals surface area (Å²) in [5.74, 6) is 0.0464. The van der Waals surface area contributed by atoms with Crippen LogP contribution in [-0.2, 0) is 0 Å². The highest BCUT2D eigenvalue weighted by Gasteiger charge is 2.18. The first-order valence-electron chi connectivity index (χ1n) is 9.32. The van der Waals surface area contributed by atoms with E-state index >= 15 is 0 Å². The lowest BCUT2D eigenvalue weighted by Crippen LogP contribution is -2.24. The fraction of sp³-hybridized carbons (Fsp3) is 0.333. The van der Waals surface area contributed by atoms with Crippen LogP contribution in [0.3, 0.4) is 0 Å². The number of aromatic nitrogens is 2. The Morgan fingerprint density at radius 3 is 2.56 bits per heavy atom. The van der Waals surface area contributed by atoms with E-state index in [2.05, 4.69) is 35.2 Å². The molecule has 3 rings (SSSR count). The van der Waals surface area contributed by atoms with Gasteiger partial charge in [-0.25, -0.2) is 9.78 Å². The van der Waals surface area contributed by atoms with Crippen LogP contribution in [0.4, 0.5) is 17.3 Å². The molecule has 2 aromatic carbocycles. The van der Waals surface area contributed by atoms with Gasteiger partial charge in [-0.05, 0) is 43.5 Å². The van der Waals surface area contributed by atoms with Gasteiger partial charge in [0.25, 0.3) is 0 Å². The van der Waals surface area contributed by atoms with E-state index in [9.17, 15) is 9.90 Å². The Morgan fingerprint density at radius 2 is 1.93 bits per heavy atom. The lowest BCUT2D eigenvalue weighted by atomic mass is 10.0. The van der Waals surface area contributed by atoms with Gasteiger partial charge in [-0.1, -0.05) is 32.0 Å². The number of H-pyrrole nitrogens is 1. The largest absolute Gasteiger partial charge is 0.478 e. The molecule has 6 heteroatoms. The molecule has 1 heterocycles. The Balaban J connectivity index is 2.04. The molecule has 0 saturated carbocycles. The van der Waals surface area contributed by atoms with E-state index in [-0.39, 0.29) is 5.56 Å². The molecular weight excluding hydrogens is 340 g/mol. The minimum Gasteiger partial charge on any atom is -0.478 e. The standard InChI is InChI=1S/C21H26N4O2/c1-5-25(6-2)19-12-18-17(11-15(19)20(26)27)23-21(24-18)22-16-10-8-7-9-14(16)13(3)4/h7-13H,5-6H2,1-4H3,(H,26,27)(H2,22,23,24). The summed E-state index contributed by atoms with van der Waals surface area (Å²) in [5.41, 5.74) is 4.62. The van der Waals surface area contributed by atoms with Gasteiger partial charge in [-0.15, -0.1) is 0 Å². The van der Waals surface area contributed by atoms with Gasteiger partial charge >= 0.3 is 5.97 Å². The van der Waals surface area contributed by atoms with Crippen LogP contribution in [0.25, 0.3) is 11.0 Å². The van der Waals surface area contributed by atoms with Crippen LogP contribution in [0.1, 0.15) is 49.5 Å². The maximum atomic E-state index is 11.7. The van der Waals surface area contributed by atoms with Crippen molar-refractivity contribution in [3.05, 3.63) is 47.5 Å². The maximum absolute atomic E-state index is 11.7. The number of aromatic amines is 1. The summed E-state index contributed by atoms with van der Waals surface area (Å²) in [4.78, 5) is 21.6. The molecule has 27 heavy (non-hydrogen) atoms. The molecule has 0 radical (unpaired) electrons. The second kappa shape index (κ2) is 7.70. The molecule has 3 aromatic rings. The molecule has 0 bridgehead atoms. The van der Waals surface area contributed by atoms with E-state index < -0.39 is 5.97 Å². The van der Waals surface area contributed by atoms with Crippen LogP contribution in [0.2, 0.25) is 0 Å². The van der Waals surface area contributed by atoms with Gasteiger partial charge < -0.3 is 20.3 Å². The Morgan fingerprint density at radius 1 is 1.22 bits per heavy atom. The summed E-state index contributed by atoms with van der Waals surface area (Å²) in [6.07, 6.45) is 0.